The van der Waals surface area contributed by atoms with Crippen molar-refractivity contribution in [3.8, 4) is 0 Å². The van der Waals surface area contributed by atoms with E-state index in [0.717, 1.165) is 5.56 Å². The molecule has 0 aromatic heterocycles. The van der Waals surface area contributed by atoms with Gasteiger partial charge in [-0.1, -0.05) is 49.5 Å². The lowest BCUT2D eigenvalue weighted by Crippen LogP contribution is -2.33. The zero-order chi connectivity index (χ0) is 15.0. The minimum absolute atomic E-state index is 0.0785. The summed E-state index contributed by atoms with van der Waals surface area (Å²) in [5, 5.41) is -0.583. The SMILES string of the molecule is CCS(=O)(=O)C1C(c2ccccc2)C1(COC)C(N)=S. The van der Waals surface area contributed by atoms with E-state index in [2.05, 4.69) is 0 Å². The number of thiocarbonyl (C=S) groups is 1. The molecule has 1 aromatic carbocycles. The second-order valence-corrected chi connectivity index (χ2v) is 7.95. The summed E-state index contributed by atoms with van der Waals surface area (Å²) in [7, 11) is -1.71. The van der Waals surface area contributed by atoms with Gasteiger partial charge in [0.25, 0.3) is 0 Å². The third-order valence-corrected chi connectivity index (χ3v) is 6.70. The Morgan fingerprint density at radius 3 is 2.45 bits per heavy atom. The lowest BCUT2D eigenvalue weighted by molar-refractivity contribution is 0.166. The van der Waals surface area contributed by atoms with Gasteiger partial charge in [-0.3, -0.25) is 0 Å². The maximum absolute atomic E-state index is 12.4. The normalized spacial score (nSPS) is 29.1. The standard InChI is InChI=1S/C14H19NO3S2/c1-3-20(16,17)12-11(10-7-5-4-6-8-10)14(12,9-18-2)13(15)19/h4-8,11-12H,3,9H2,1-2H3,(H2,15,19). The Morgan fingerprint density at radius 2 is 2.00 bits per heavy atom. The van der Waals surface area contributed by atoms with Crippen molar-refractivity contribution in [2.75, 3.05) is 19.5 Å². The molecule has 3 atom stereocenters. The molecule has 20 heavy (non-hydrogen) atoms. The molecule has 1 saturated carbocycles. The highest BCUT2D eigenvalue weighted by atomic mass is 32.2. The molecule has 1 aromatic rings. The largest absolute Gasteiger partial charge is 0.393 e. The number of rotatable bonds is 6. The van der Waals surface area contributed by atoms with Gasteiger partial charge in [-0.15, -0.1) is 0 Å². The van der Waals surface area contributed by atoms with Gasteiger partial charge in [-0.2, -0.15) is 0 Å². The molecular weight excluding hydrogens is 294 g/mol. The van der Waals surface area contributed by atoms with E-state index in [1.807, 2.05) is 30.3 Å². The second kappa shape index (κ2) is 5.42. The van der Waals surface area contributed by atoms with Gasteiger partial charge in [0.05, 0.1) is 22.3 Å². The fraction of sp³-hybridized carbons (Fsp3) is 0.500. The molecule has 1 aliphatic carbocycles. The van der Waals surface area contributed by atoms with E-state index in [4.69, 9.17) is 22.7 Å². The van der Waals surface area contributed by atoms with E-state index in [1.54, 1.807) is 6.92 Å². The number of hydrogen-bond acceptors (Lipinski definition) is 4. The van der Waals surface area contributed by atoms with Crippen molar-refractivity contribution in [1.29, 1.82) is 0 Å². The van der Waals surface area contributed by atoms with Crippen molar-refractivity contribution in [3.63, 3.8) is 0 Å². The molecule has 6 heteroatoms. The predicted molar refractivity (Wildman–Crippen MR) is 83.5 cm³/mol. The number of nitrogens with two attached hydrogens (primary N) is 1. The van der Waals surface area contributed by atoms with Gasteiger partial charge < -0.3 is 10.5 Å². The number of hydrogen-bond donors (Lipinski definition) is 1. The first-order valence-corrected chi connectivity index (χ1v) is 8.59. The lowest BCUT2D eigenvalue weighted by atomic mass is 10.00. The third-order valence-electron chi connectivity index (χ3n) is 4.05. The summed E-state index contributed by atoms with van der Waals surface area (Å²) in [6.07, 6.45) is 0. The summed E-state index contributed by atoms with van der Waals surface area (Å²) in [4.78, 5) is 0.218. The van der Waals surface area contributed by atoms with Gasteiger partial charge in [0, 0.05) is 18.8 Å². The maximum Gasteiger partial charge on any atom is 0.154 e. The summed E-state index contributed by atoms with van der Waals surface area (Å²) in [5.41, 5.74) is 6.04. The molecule has 0 bridgehead atoms. The molecule has 4 nitrogen and oxygen atoms in total. The van der Waals surface area contributed by atoms with E-state index in [0.29, 0.717) is 0 Å². The number of methoxy groups -OCH3 is 1. The summed E-state index contributed by atoms with van der Waals surface area (Å²) >= 11 is 5.16. The Hall–Kier alpha value is -0.980. The Labute approximate surface area is 125 Å². The Morgan fingerprint density at radius 1 is 1.40 bits per heavy atom. The number of benzene rings is 1. The van der Waals surface area contributed by atoms with E-state index in [9.17, 15) is 8.42 Å². The lowest BCUT2D eigenvalue weighted by Gasteiger charge is -2.15. The molecule has 0 spiro atoms. The van der Waals surface area contributed by atoms with Crippen LogP contribution in [0.3, 0.4) is 0 Å². The highest BCUT2D eigenvalue weighted by molar-refractivity contribution is 7.92. The number of ether oxygens (including phenoxy) is 1. The number of sulfone groups is 1. The van der Waals surface area contributed by atoms with Crippen molar-refractivity contribution >= 4 is 27.0 Å². The van der Waals surface area contributed by atoms with Gasteiger partial charge in [0.15, 0.2) is 9.84 Å². The summed E-state index contributed by atoms with van der Waals surface area (Å²) in [5.74, 6) is -0.138. The molecule has 0 aliphatic heterocycles. The van der Waals surface area contributed by atoms with Crippen LogP contribution >= 0.6 is 12.2 Å². The van der Waals surface area contributed by atoms with Crippen LogP contribution < -0.4 is 5.73 Å². The fourth-order valence-electron chi connectivity index (χ4n) is 3.02. The molecule has 1 aliphatic rings. The van der Waals surface area contributed by atoms with Gasteiger partial charge in [-0.05, 0) is 5.56 Å². The first kappa shape index (κ1) is 15.4. The molecule has 0 amide bonds. The maximum atomic E-state index is 12.4. The molecule has 2 rings (SSSR count). The van der Waals surface area contributed by atoms with Gasteiger partial charge >= 0.3 is 0 Å². The molecular formula is C14H19NO3S2. The molecule has 0 radical (unpaired) electrons. The van der Waals surface area contributed by atoms with Gasteiger partial charge in [-0.25, -0.2) is 8.42 Å². The summed E-state index contributed by atoms with van der Waals surface area (Å²) in [6, 6.07) is 9.51. The second-order valence-electron chi connectivity index (χ2n) is 5.10. The van der Waals surface area contributed by atoms with Crippen LogP contribution in [0, 0.1) is 5.41 Å². The van der Waals surface area contributed by atoms with Crippen molar-refractivity contribution in [2.24, 2.45) is 11.1 Å². The van der Waals surface area contributed by atoms with Crippen LogP contribution in [-0.2, 0) is 14.6 Å². The highest BCUT2D eigenvalue weighted by Crippen LogP contribution is 2.63. The smallest absolute Gasteiger partial charge is 0.154 e. The van der Waals surface area contributed by atoms with Crippen LogP contribution in [0.4, 0.5) is 0 Å². The van der Waals surface area contributed by atoms with Crippen LogP contribution in [0.1, 0.15) is 18.4 Å². The van der Waals surface area contributed by atoms with Crippen LogP contribution in [-0.4, -0.2) is 38.1 Å². The highest BCUT2D eigenvalue weighted by Gasteiger charge is 2.72. The van der Waals surface area contributed by atoms with E-state index in [1.165, 1.54) is 7.11 Å². The Bertz CT molecular complexity index is 600. The van der Waals surface area contributed by atoms with Crippen LogP contribution in [0.2, 0.25) is 0 Å². The van der Waals surface area contributed by atoms with E-state index >= 15 is 0 Å². The zero-order valence-corrected chi connectivity index (χ0v) is 13.2. The first-order valence-electron chi connectivity index (χ1n) is 6.47. The van der Waals surface area contributed by atoms with Crippen molar-refractivity contribution in [1.82, 2.24) is 0 Å². The predicted octanol–water partition coefficient (Wildman–Crippen LogP) is 1.51. The average molecular weight is 313 g/mol. The molecule has 110 valence electrons. The minimum Gasteiger partial charge on any atom is -0.393 e. The quantitative estimate of drug-likeness (QED) is 0.806. The van der Waals surface area contributed by atoms with Crippen molar-refractivity contribution in [2.45, 2.75) is 18.1 Å². The summed E-state index contributed by atoms with van der Waals surface area (Å²) < 4.78 is 30.0. The molecule has 1 fully saturated rings. The minimum atomic E-state index is -3.24. The van der Waals surface area contributed by atoms with Crippen molar-refractivity contribution < 1.29 is 13.2 Å². The molecule has 2 N–H and O–H groups in total. The molecule has 3 unspecified atom stereocenters. The van der Waals surface area contributed by atoms with Gasteiger partial charge in [0.2, 0.25) is 0 Å². The topological polar surface area (TPSA) is 69.4 Å². The van der Waals surface area contributed by atoms with Crippen molar-refractivity contribution in [3.05, 3.63) is 35.9 Å². The van der Waals surface area contributed by atoms with Crippen LogP contribution in [0.15, 0.2) is 30.3 Å². The van der Waals surface area contributed by atoms with E-state index < -0.39 is 20.5 Å². The first-order chi connectivity index (χ1) is 9.41. The third kappa shape index (κ3) is 2.25. The van der Waals surface area contributed by atoms with Crippen LogP contribution in [0.5, 0.6) is 0 Å². The zero-order valence-electron chi connectivity index (χ0n) is 11.6. The van der Waals surface area contributed by atoms with Gasteiger partial charge in [0.1, 0.15) is 0 Å². The molecule has 0 saturated heterocycles. The van der Waals surface area contributed by atoms with E-state index in [-0.39, 0.29) is 23.3 Å². The fourth-order valence-corrected chi connectivity index (χ4v) is 5.49. The summed E-state index contributed by atoms with van der Waals surface area (Å²) in [6.45, 7) is 1.87. The molecule has 0 heterocycles. The Balaban J connectivity index is 2.51. The average Bonchev–Trinajstić information content (AvgIpc) is 3.11. The Kier molecular flexibility index (Phi) is 4.18. The monoisotopic (exact) mass is 313 g/mol. The van der Waals surface area contributed by atoms with Crippen LogP contribution in [0.25, 0.3) is 0 Å².